The van der Waals surface area contributed by atoms with Gasteiger partial charge in [0.25, 0.3) is 5.91 Å². The lowest BCUT2D eigenvalue weighted by Crippen LogP contribution is -2.54. The van der Waals surface area contributed by atoms with Crippen LogP contribution in [0.1, 0.15) is 67.1 Å². The first-order valence-corrected chi connectivity index (χ1v) is 16.9. The minimum atomic E-state index is -4.50. The van der Waals surface area contributed by atoms with Crippen molar-refractivity contribution in [2.45, 2.75) is 74.3 Å². The number of halogens is 4. The molecule has 0 radical (unpaired) electrons. The number of likely N-dealkylation sites (tertiary alicyclic amines) is 2. The van der Waals surface area contributed by atoms with E-state index < -0.39 is 29.2 Å². The molecule has 1 saturated carbocycles. The van der Waals surface area contributed by atoms with Crippen LogP contribution in [0.2, 0.25) is 0 Å². The highest BCUT2D eigenvalue weighted by Gasteiger charge is 2.59. The molecule has 7 rings (SSSR count). The standard InChI is InChI=1S/C36H44F4N4O3/c1-41(2)33(45)23-14-15-44-31(16-23)29-19-42(18-28(29)27-13-10-24(17-32(27)44)36(38,39)40)34(46)35(37)21-43(25-6-4-5-7-25)20-30(35)22-8-11-26(47-3)12-9-22/h8-13,17,23,25,28-31H,4-7,14-16,18-21H2,1-3H3/t23?,28-,29?,30+,31+,35+/m1/s1. The zero-order valence-electron chi connectivity index (χ0n) is 27.3. The molecule has 3 saturated heterocycles. The Balaban J connectivity index is 1.22. The Hall–Kier alpha value is -3.34. The molecule has 6 atom stereocenters. The molecular formula is C36H44F4N4O3. The summed E-state index contributed by atoms with van der Waals surface area (Å²) in [6.07, 6.45) is 0.716. The van der Waals surface area contributed by atoms with E-state index in [4.69, 9.17) is 4.74 Å². The van der Waals surface area contributed by atoms with Gasteiger partial charge in [-0.05, 0) is 61.1 Å². The number of benzene rings is 2. The maximum absolute atomic E-state index is 17.7. The van der Waals surface area contributed by atoms with E-state index in [2.05, 4.69) is 4.90 Å². The van der Waals surface area contributed by atoms with Crippen LogP contribution in [0.5, 0.6) is 5.75 Å². The van der Waals surface area contributed by atoms with E-state index in [1.54, 1.807) is 49.2 Å². The minimum Gasteiger partial charge on any atom is -0.497 e. The Morgan fingerprint density at radius 3 is 2.36 bits per heavy atom. The normalized spacial score (nSPS) is 31.0. The molecule has 47 heavy (non-hydrogen) atoms. The van der Waals surface area contributed by atoms with Crippen LogP contribution >= 0.6 is 0 Å². The lowest BCUT2D eigenvalue weighted by atomic mass is 9.72. The van der Waals surface area contributed by atoms with Gasteiger partial charge in [0.1, 0.15) is 5.75 Å². The van der Waals surface area contributed by atoms with Gasteiger partial charge in [-0.25, -0.2) is 4.39 Å². The highest BCUT2D eigenvalue weighted by molar-refractivity contribution is 5.88. The Morgan fingerprint density at radius 2 is 1.70 bits per heavy atom. The van der Waals surface area contributed by atoms with Crippen LogP contribution in [-0.2, 0) is 15.8 Å². The molecule has 7 nitrogen and oxygen atoms in total. The number of alkyl halides is 4. The van der Waals surface area contributed by atoms with Gasteiger partial charge in [-0.2, -0.15) is 13.2 Å². The lowest BCUT2D eigenvalue weighted by Gasteiger charge is -2.49. The summed E-state index contributed by atoms with van der Waals surface area (Å²) < 4.78 is 64.7. The van der Waals surface area contributed by atoms with Crippen LogP contribution in [0.15, 0.2) is 42.5 Å². The van der Waals surface area contributed by atoms with E-state index in [0.717, 1.165) is 42.9 Å². The van der Waals surface area contributed by atoms with Crippen molar-refractivity contribution in [3.05, 3.63) is 59.2 Å². The second-order valence-electron chi connectivity index (χ2n) is 14.5. The fourth-order valence-corrected chi connectivity index (χ4v) is 9.37. The molecule has 2 aromatic rings. The number of anilines is 1. The first kappa shape index (κ1) is 32.2. The number of nitrogens with zero attached hydrogens (tertiary/aromatic N) is 4. The van der Waals surface area contributed by atoms with Gasteiger partial charge in [0, 0.05) is 88.3 Å². The van der Waals surface area contributed by atoms with Gasteiger partial charge in [0.15, 0.2) is 0 Å². The van der Waals surface area contributed by atoms with Gasteiger partial charge < -0.3 is 19.4 Å². The molecule has 254 valence electrons. The summed E-state index contributed by atoms with van der Waals surface area (Å²) in [7, 11) is 5.02. The molecule has 11 heteroatoms. The molecule has 0 N–H and O–H groups in total. The number of methoxy groups -OCH3 is 1. The number of amides is 2. The van der Waals surface area contributed by atoms with E-state index in [-0.39, 0.29) is 48.8 Å². The predicted octanol–water partition coefficient (Wildman–Crippen LogP) is 5.69. The fraction of sp³-hybridized carbons (Fsp3) is 0.611. The fourth-order valence-electron chi connectivity index (χ4n) is 9.37. The molecule has 0 bridgehead atoms. The van der Waals surface area contributed by atoms with Crippen molar-refractivity contribution in [2.24, 2.45) is 11.8 Å². The molecule has 2 unspecified atom stereocenters. The number of hydrogen-bond donors (Lipinski definition) is 0. The number of carbonyl (C=O) groups excluding carboxylic acids is 2. The van der Waals surface area contributed by atoms with Crippen LogP contribution in [0.4, 0.5) is 23.2 Å². The molecule has 4 fully saturated rings. The molecular weight excluding hydrogens is 612 g/mol. The van der Waals surface area contributed by atoms with Crippen molar-refractivity contribution in [1.29, 1.82) is 0 Å². The molecule has 0 aromatic heterocycles. The Morgan fingerprint density at radius 1 is 0.979 bits per heavy atom. The number of piperidine rings is 1. The Labute approximate surface area is 273 Å². The molecule has 2 aromatic carbocycles. The topological polar surface area (TPSA) is 56.3 Å². The second kappa shape index (κ2) is 12.0. The molecule has 5 aliphatic rings. The predicted molar refractivity (Wildman–Crippen MR) is 170 cm³/mol. The summed E-state index contributed by atoms with van der Waals surface area (Å²) in [5.74, 6) is -1.16. The summed E-state index contributed by atoms with van der Waals surface area (Å²) in [5, 5.41) is 0. The van der Waals surface area contributed by atoms with E-state index in [1.165, 1.54) is 6.07 Å². The van der Waals surface area contributed by atoms with Crippen molar-refractivity contribution < 1.29 is 31.9 Å². The highest BCUT2D eigenvalue weighted by Crippen LogP contribution is 2.52. The molecule has 4 heterocycles. The van der Waals surface area contributed by atoms with E-state index in [9.17, 15) is 22.8 Å². The van der Waals surface area contributed by atoms with Crippen LogP contribution in [0, 0.1) is 11.8 Å². The first-order chi connectivity index (χ1) is 22.4. The third-order valence-electron chi connectivity index (χ3n) is 11.8. The maximum atomic E-state index is 17.7. The van der Waals surface area contributed by atoms with Crippen LogP contribution in [0.25, 0.3) is 0 Å². The number of carbonyl (C=O) groups is 2. The van der Waals surface area contributed by atoms with Crippen molar-refractivity contribution in [3.8, 4) is 5.75 Å². The number of hydrogen-bond acceptors (Lipinski definition) is 5. The third-order valence-corrected chi connectivity index (χ3v) is 11.8. The van der Waals surface area contributed by atoms with E-state index >= 15 is 4.39 Å². The number of rotatable bonds is 5. The highest BCUT2D eigenvalue weighted by atomic mass is 19.4. The smallest absolute Gasteiger partial charge is 0.416 e. The number of ether oxygens (including phenoxy) is 1. The van der Waals surface area contributed by atoms with Gasteiger partial charge in [0.05, 0.1) is 12.7 Å². The van der Waals surface area contributed by atoms with Crippen molar-refractivity contribution in [1.82, 2.24) is 14.7 Å². The van der Waals surface area contributed by atoms with Gasteiger partial charge in [-0.3, -0.25) is 14.5 Å². The van der Waals surface area contributed by atoms with Crippen LogP contribution < -0.4 is 9.64 Å². The summed E-state index contributed by atoms with van der Waals surface area (Å²) in [6.45, 7) is 1.47. The van der Waals surface area contributed by atoms with Gasteiger partial charge in [-0.1, -0.05) is 31.0 Å². The summed E-state index contributed by atoms with van der Waals surface area (Å²) in [4.78, 5) is 35.1. The van der Waals surface area contributed by atoms with Crippen molar-refractivity contribution in [3.63, 3.8) is 0 Å². The third kappa shape index (κ3) is 5.56. The van der Waals surface area contributed by atoms with Gasteiger partial charge in [-0.15, -0.1) is 0 Å². The maximum Gasteiger partial charge on any atom is 0.416 e. The van der Waals surface area contributed by atoms with Crippen LogP contribution in [-0.4, -0.2) is 98.2 Å². The molecule has 1 aliphatic carbocycles. The van der Waals surface area contributed by atoms with E-state index in [1.807, 2.05) is 17.0 Å². The van der Waals surface area contributed by atoms with Crippen LogP contribution in [0.3, 0.4) is 0 Å². The zero-order valence-corrected chi connectivity index (χ0v) is 27.3. The van der Waals surface area contributed by atoms with E-state index in [0.29, 0.717) is 43.9 Å². The Kier molecular flexibility index (Phi) is 8.20. The molecule has 0 spiro atoms. The average Bonchev–Trinajstić information content (AvgIpc) is 3.83. The largest absolute Gasteiger partial charge is 0.497 e. The number of fused-ring (bicyclic) bond motifs is 6. The molecule has 2 amide bonds. The lowest BCUT2D eigenvalue weighted by molar-refractivity contribution is -0.143. The first-order valence-electron chi connectivity index (χ1n) is 16.9. The van der Waals surface area contributed by atoms with Gasteiger partial charge in [0.2, 0.25) is 11.6 Å². The summed E-state index contributed by atoms with van der Waals surface area (Å²) in [5.41, 5.74) is -0.814. The van der Waals surface area contributed by atoms with Crippen molar-refractivity contribution in [2.75, 3.05) is 58.8 Å². The Bertz CT molecular complexity index is 1510. The zero-order chi connectivity index (χ0) is 33.2. The minimum absolute atomic E-state index is 0.00460. The average molecular weight is 657 g/mol. The summed E-state index contributed by atoms with van der Waals surface area (Å²) >= 11 is 0. The second-order valence-corrected chi connectivity index (χ2v) is 14.5. The van der Waals surface area contributed by atoms with Crippen molar-refractivity contribution >= 4 is 17.5 Å². The monoisotopic (exact) mass is 656 g/mol. The molecule has 4 aliphatic heterocycles. The van der Waals surface area contributed by atoms with Gasteiger partial charge >= 0.3 is 6.18 Å². The quantitative estimate of drug-likeness (QED) is 0.387. The summed E-state index contributed by atoms with van der Waals surface area (Å²) in [6, 6.07) is 11.2. The SMILES string of the molecule is COc1ccc([C@@H]2CN(C3CCCC3)C[C@@]2(F)C(=O)N2CC3[C@H](C2)c2ccc(C(F)(F)F)cc2N2CCC(C(=O)N(C)C)C[C@@H]32)cc1.